The minimum Gasteiger partial charge on any atom is -0.507 e. The van der Waals surface area contributed by atoms with Gasteiger partial charge in [0.05, 0.1) is 18.2 Å². The number of fused-ring (bicyclic) bond motifs is 1. The number of Topliss-reactive ketones (excluding diaryl/α,β-unsaturated/α-hetero) is 1. The minimum absolute atomic E-state index is 0.00186. The lowest BCUT2D eigenvalue weighted by molar-refractivity contribution is -0.264. The molecule has 0 spiro atoms. The molecule has 2 N–H and O–H groups in total. The van der Waals surface area contributed by atoms with Gasteiger partial charge in [-0.1, -0.05) is 0 Å². The van der Waals surface area contributed by atoms with Crippen molar-refractivity contribution in [2.24, 2.45) is 0 Å². The first kappa shape index (κ1) is 12.3. The molecule has 0 aromatic heterocycles. The summed E-state index contributed by atoms with van der Waals surface area (Å²) in [6.45, 7) is -0.196. The fourth-order valence-corrected chi connectivity index (χ4v) is 1.76. The number of aromatic carboxylic acids is 1. The van der Waals surface area contributed by atoms with Gasteiger partial charge in [-0.25, -0.2) is 14.6 Å². The van der Waals surface area contributed by atoms with Crippen molar-refractivity contribution < 1.29 is 29.6 Å². The van der Waals surface area contributed by atoms with Crippen molar-refractivity contribution in [1.82, 2.24) is 0 Å². The van der Waals surface area contributed by atoms with E-state index in [1.54, 1.807) is 0 Å². The van der Waals surface area contributed by atoms with E-state index in [-0.39, 0.29) is 34.6 Å². The zero-order valence-electron chi connectivity index (χ0n) is 9.47. The van der Waals surface area contributed by atoms with E-state index in [2.05, 4.69) is 9.78 Å². The maximum absolute atomic E-state index is 11.9. The number of ketones is 1. The van der Waals surface area contributed by atoms with Crippen LogP contribution in [0.3, 0.4) is 0 Å². The van der Waals surface area contributed by atoms with Crippen LogP contribution in [0.1, 0.15) is 26.3 Å². The molecule has 1 aromatic rings. The van der Waals surface area contributed by atoms with Gasteiger partial charge in [-0.05, 0) is 18.2 Å². The van der Waals surface area contributed by atoms with E-state index in [1.807, 2.05) is 0 Å². The molecule has 0 saturated carbocycles. The van der Waals surface area contributed by atoms with Crippen LogP contribution in [0.5, 0.6) is 0 Å². The molecular weight excluding hydrogens is 240 g/mol. The van der Waals surface area contributed by atoms with Crippen molar-refractivity contribution in [3.05, 3.63) is 40.5 Å². The summed E-state index contributed by atoms with van der Waals surface area (Å²) in [5.41, 5.74) is 0.512. The lowest BCUT2D eigenvalue weighted by atomic mass is 10.0. The predicted octanol–water partition coefficient (Wildman–Crippen LogP) is 1.43. The highest BCUT2D eigenvalue weighted by Crippen LogP contribution is 2.31. The first-order valence-electron chi connectivity index (χ1n) is 5.06. The van der Waals surface area contributed by atoms with Crippen molar-refractivity contribution in [3.63, 3.8) is 0 Å². The SMILES string of the molecule is COOCC1=C(O)c2cc(C(=O)O)ccc2C1=O. The minimum atomic E-state index is -1.13. The van der Waals surface area contributed by atoms with Gasteiger partial charge in [-0.15, -0.1) is 0 Å². The molecular formula is C12H10O6. The van der Waals surface area contributed by atoms with E-state index < -0.39 is 11.8 Å². The molecule has 1 aromatic carbocycles. The van der Waals surface area contributed by atoms with Gasteiger partial charge in [0.1, 0.15) is 12.4 Å². The van der Waals surface area contributed by atoms with Crippen LogP contribution in [0.2, 0.25) is 0 Å². The molecule has 0 amide bonds. The third kappa shape index (κ3) is 1.87. The molecule has 0 bridgehead atoms. The molecule has 0 aliphatic heterocycles. The molecule has 0 radical (unpaired) electrons. The first-order valence-corrected chi connectivity index (χ1v) is 5.06. The molecule has 6 heteroatoms. The van der Waals surface area contributed by atoms with E-state index in [4.69, 9.17) is 5.11 Å². The highest BCUT2D eigenvalue weighted by molar-refractivity contribution is 6.20. The number of carbonyl (C=O) groups is 2. The number of carboxylic acids is 1. The van der Waals surface area contributed by atoms with Crippen LogP contribution in [0, 0.1) is 0 Å². The molecule has 0 unspecified atom stereocenters. The molecule has 18 heavy (non-hydrogen) atoms. The van der Waals surface area contributed by atoms with Gasteiger partial charge in [0.25, 0.3) is 0 Å². The van der Waals surface area contributed by atoms with Crippen LogP contribution < -0.4 is 0 Å². The van der Waals surface area contributed by atoms with Crippen molar-refractivity contribution in [3.8, 4) is 0 Å². The van der Waals surface area contributed by atoms with Gasteiger partial charge in [0.15, 0.2) is 5.78 Å². The Labute approximate surface area is 102 Å². The summed E-state index contributed by atoms with van der Waals surface area (Å²) in [6.07, 6.45) is 0. The van der Waals surface area contributed by atoms with Crippen LogP contribution in [0.25, 0.3) is 5.76 Å². The van der Waals surface area contributed by atoms with Gasteiger partial charge >= 0.3 is 5.97 Å². The first-order chi connectivity index (χ1) is 8.56. The molecule has 0 heterocycles. The smallest absolute Gasteiger partial charge is 0.335 e. The summed E-state index contributed by atoms with van der Waals surface area (Å²) in [7, 11) is 1.28. The fraction of sp³-hybridized carbons (Fsp3) is 0.167. The third-order valence-corrected chi connectivity index (χ3v) is 2.65. The molecule has 1 aliphatic carbocycles. The number of carbonyl (C=O) groups excluding carboxylic acids is 1. The molecule has 2 rings (SSSR count). The van der Waals surface area contributed by atoms with Gasteiger partial charge in [0.2, 0.25) is 0 Å². The molecule has 0 saturated heterocycles. The van der Waals surface area contributed by atoms with Crippen LogP contribution in [-0.2, 0) is 9.78 Å². The summed E-state index contributed by atoms with van der Waals surface area (Å²) in [5, 5.41) is 18.7. The maximum Gasteiger partial charge on any atom is 0.335 e. The average Bonchev–Trinajstić information content (AvgIpc) is 2.59. The third-order valence-electron chi connectivity index (χ3n) is 2.65. The summed E-state index contributed by atoms with van der Waals surface area (Å²) >= 11 is 0. The van der Waals surface area contributed by atoms with Crippen LogP contribution >= 0.6 is 0 Å². The lowest BCUT2D eigenvalue weighted by Crippen LogP contribution is -2.06. The quantitative estimate of drug-likeness (QED) is 0.620. The van der Waals surface area contributed by atoms with Crippen LogP contribution in [0.15, 0.2) is 23.8 Å². The van der Waals surface area contributed by atoms with E-state index in [0.29, 0.717) is 0 Å². The second-order valence-corrected chi connectivity index (χ2v) is 3.65. The molecule has 0 fully saturated rings. The Morgan fingerprint density at radius 1 is 1.33 bits per heavy atom. The van der Waals surface area contributed by atoms with Crippen molar-refractivity contribution in [1.29, 1.82) is 0 Å². The van der Waals surface area contributed by atoms with Gasteiger partial charge in [-0.3, -0.25) is 4.79 Å². The number of carboxylic acid groups (broad SMARTS) is 1. The number of hydrogen-bond acceptors (Lipinski definition) is 5. The average molecular weight is 250 g/mol. The highest BCUT2D eigenvalue weighted by atomic mass is 17.2. The van der Waals surface area contributed by atoms with Crippen molar-refractivity contribution in [2.75, 3.05) is 13.7 Å². The van der Waals surface area contributed by atoms with Gasteiger partial charge < -0.3 is 10.2 Å². The van der Waals surface area contributed by atoms with Crippen molar-refractivity contribution >= 4 is 17.5 Å². The zero-order chi connectivity index (χ0) is 13.3. The number of aliphatic hydroxyl groups is 1. The van der Waals surface area contributed by atoms with E-state index >= 15 is 0 Å². The second kappa shape index (κ2) is 4.59. The normalized spacial score (nSPS) is 13.9. The predicted molar refractivity (Wildman–Crippen MR) is 60.2 cm³/mol. The number of hydrogen-bond donors (Lipinski definition) is 2. The van der Waals surface area contributed by atoms with Crippen LogP contribution in [-0.4, -0.2) is 35.7 Å². The largest absolute Gasteiger partial charge is 0.507 e. The summed E-state index contributed by atoms with van der Waals surface area (Å²) in [4.78, 5) is 31.7. The van der Waals surface area contributed by atoms with E-state index in [9.17, 15) is 14.7 Å². The van der Waals surface area contributed by atoms with E-state index in [1.165, 1.54) is 25.3 Å². The topological polar surface area (TPSA) is 93.1 Å². The van der Waals surface area contributed by atoms with E-state index in [0.717, 1.165) is 0 Å². The molecule has 94 valence electrons. The Bertz CT molecular complexity index is 558. The Balaban J connectivity index is 2.44. The summed E-state index contributed by atoms with van der Waals surface area (Å²) in [5.74, 6) is -1.79. The maximum atomic E-state index is 11.9. The Hall–Kier alpha value is -2.18. The van der Waals surface area contributed by atoms with Crippen LogP contribution in [0.4, 0.5) is 0 Å². The highest BCUT2D eigenvalue weighted by Gasteiger charge is 2.30. The Morgan fingerprint density at radius 3 is 2.67 bits per heavy atom. The molecule has 1 aliphatic rings. The Kier molecular flexibility index (Phi) is 3.14. The molecule has 0 atom stereocenters. The Morgan fingerprint density at radius 2 is 2.06 bits per heavy atom. The number of rotatable bonds is 4. The second-order valence-electron chi connectivity index (χ2n) is 3.65. The zero-order valence-corrected chi connectivity index (χ0v) is 9.47. The fourth-order valence-electron chi connectivity index (χ4n) is 1.76. The standard InChI is InChI=1S/C12H10O6/c1-17-18-5-9-10(13)7-3-2-6(12(15)16)4-8(7)11(9)14/h2-4,14H,5H2,1H3,(H,15,16). The number of aliphatic hydroxyl groups excluding tert-OH is 1. The molecule has 6 nitrogen and oxygen atoms in total. The summed E-state index contributed by atoms with van der Waals surface area (Å²) < 4.78 is 0. The van der Waals surface area contributed by atoms with Crippen molar-refractivity contribution in [2.45, 2.75) is 0 Å². The van der Waals surface area contributed by atoms with Gasteiger partial charge in [-0.2, -0.15) is 0 Å². The monoisotopic (exact) mass is 250 g/mol. The number of benzene rings is 1. The lowest BCUT2D eigenvalue weighted by Gasteiger charge is -2.00. The summed E-state index contributed by atoms with van der Waals surface area (Å²) in [6, 6.07) is 3.94. The van der Waals surface area contributed by atoms with Gasteiger partial charge in [0, 0.05) is 11.1 Å².